The van der Waals surface area contributed by atoms with E-state index in [4.69, 9.17) is 9.84 Å². The molecule has 0 heterocycles. The highest BCUT2D eigenvalue weighted by atomic mass is 19.1. The Morgan fingerprint density at radius 1 is 1.35 bits per heavy atom. The number of halogens is 1. The molecule has 1 amide bonds. The van der Waals surface area contributed by atoms with E-state index in [1.165, 1.54) is 24.3 Å². The van der Waals surface area contributed by atoms with Crippen LogP contribution < -0.4 is 10.1 Å². The van der Waals surface area contributed by atoms with Gasteiger partial charge in [-0.25, -0.2) is 4.39 Å². The van der Waals surface area contributed by atoms with E-state index in [-0.39, 0.29) is 19.0 Å². The van der Waals surface area contributed by atoms with Crippen LogP contribution in [0.3, 0.4) is 0 Å². The van der Waals surface area contributed by atoms with Crippen LogP contribution in [0.2, 0.25) is 0 Å². The molecule has 0 fully saturated rings. The Balaban J connectivity index is 2.32. The van der Waals surface area contributed by atoms with Gasteiger partial charge in [-0.1, -0.05) is 13.3 Å². The summed E-state index contributed by atoms with van der Waals surface area (Å²) in [6.07, 6.45) is 1.24. The largest absolute Gasteiger partial charge is 0.484 e. The summed E-state index contributed by atoms with van der Waals surface area (Å²) in [5.74, 6) is -1.92. The minimum Gasteiger partial charge on any atom is -0.484 e. The number of benzene rings is 1. The van der Waals surface area contributed by atoms with Gasteiger partial charge in [0.2, 0.25) is 0 Å². The Labute approximate surface area is 116 Å². The molecule has 0 aliphatic carbocycles. The maximum absolute atomic E-state index is 12.7. The summed E-state index contributed by atoms with van der Waals surface area (Å²) in [6, 6.07) is 5.30. The third-order valence-corrected chi connectivity index (χ3v) is 2.72. The summed E-state index contributed by atoms with van der Waals surface area (Å²) in [5.41, 5.74) is 0. The van der Waals surface area contributed by atoms with Gasteiger partial charge < -0.3 is 15.2 Å². The highest BCUT2D eigenvalue weighted by molar-refractivity contribution is 5.78. The van der Waals surface area contributed by atoms with Crippen LogP contribution >= 0.6 is 0 Å². The molecule has 1 unspecified atom stereocenters. The van der Waals surface area contributed by atoms with Crippen LogP contribution in [0.15, 0.2) is 24.3 Å². The SMILES string of the molecule is CCCC(CNC(=O)COc1ccc(F)cc1)C(=O)O. The maximum atomic E-state index is 12.7. The van der Waals surface area contributed by atoms with Gasteiger partial charge in [0.05, 0.1) is 5.92 Å². The van der Waals surface area contributed by atoms with E-state index in [1.807, 2.05) is 6.92 Å². The zero-order chi connectivity index (χ0) is 15.0. The zero-order valence-corrected chi connectivity index (χ0v) is 11.3. The highest BCUT2D eigenvalue weighted by Crippen LogP contribution is 2.10. The Hall–Kier alpha value is -2.11. The van der Waals surface area contributed by atoms with Gasteiger partial charge in [0.25, 0.3) is 5.91 Å². The molecule has 20 heavy (non-hydrogen) atoms. The number of nitrogens with one attached hydrogen (secondary N) is 1. The van der Waals surface area contributed by atoms with E-state index in [1.54, 1.807) is 0 Å². The Morgan fingerprint density at radius 2 is 2.00 bits per heavy atom. The molecule has 6 heteroatoms. The van der Waals surface area contributed by atoms with Crippen LogP contribution in [0, 0.1) is 11.7 Å². The van der Waals surface area contributed by atoms with Crippen molar-refractivity contribution in [1.82, 2.24) is 5.32 Å². The monoisotopic (exact) mass is 283 g/mol. The van der Waals surface area contributed by atoms with E-state index < -0.39 is 17.8 Å². The molecule has 2 N–H and O–H groups in total. The van der Waals surface area contributed by atoms with Crippen LogP contribution in [0.4, 0.5) is 4.39 Å². The number of carboxylic acid groups (broad SMARTS) is 1. The second kappa shape index (κ2) is 8.14. The average Bonchev–Trinajstić information content (AvgIpc) is 2.42. The van der Waals surface area contributed by atoms with E-state index in [2.05, 4.69) is 5.32 Å². The molecular formula is C14H18FNO4. The van der Waals surface area contributed by atoms with Crippen molar-refractivity contribution >= 4 is 11.9 Å². The van der Waals surface area contributed by atoms with Crippen molar-refractivity contribution in [2.75, 3.05) is 13.2 Å². The molecule has 0 aliphatic rings. The smallest absolute Gasteiger partial charge is 0.308 e. The van der Waals surface area contributed by atoms with Gasteiger partial charge in [0.1, 0.15) is 11.6 Å². The number of rotatable bonds is 8. The van der Waals surface area contributed by atoms with Gasteiger partial charge in [0.15, 0.2) is 6.61 Å². The summed E-state index contributed by atoms with van der Waals surface area (Å²) in [4.78, 5) is 22.4. The second-order valence-electron chi connectivity index (χ2n) is 4.37. The first kappa shape index (κ1) is 15.9. The van der Waals surface area contributed by atoms with E-state index in [0.29, 0.717) is 12.2 Å². The second-order valence-corrected chi connectivity index (χ2v) is 4.37. The molecule has 0 spiro atoms. The molecular weight excluding hydrogens is 265 g/mol. The van der Waals surface area contributed by atoms with Crippen LogP contribution in [0.5, 0.6) is 5.75 Å². The summed E-state index contributed by atoms with van der Waals surface area (Å²) in [6.45, 7) is 1.73. The van der Waals surface area contributed by atoms with E-state index in [9.17, 15) is 14.0 Å². The third-order valence-electron chi connectivity index (χ3n) is 2.72. The van der Waals surface area contributed by atoms with Gasteiger partial charge in [-0.3, -0.25) is 9.59 Å². The minimum atomic E-state index is -0.924. The van der Waals surface area contributed by atoms with Crippen LogP contribution in [-0.2, 0) is 9.59 Å². The number of carbonyl (C=O) groups excluding carboxylic acids is 1. The van der Waals surface area contributed by atoms with Crippen molar-refractivity contribution < 1.29 is 23.8 Å². The molecule has 1 atom stereocenters. The van der Waals surface area contributed by atoms with Gasteiger partial charge in [0, 0.05) is 6.54 Å². The van der Waals surface area contributed by atoms with Crippen molar-refractivity contribution in [3.63, 3.8) is 0 Å². The van der Waals surface area contributed by atoms with Gasteiger partial charge >= 0.3 is 5.97 Å². The summed E-state index contributed by atoms with van der Waals surface area (Å²) in [5, 5.41) is 11.4. The molecule has 0 saturated carbocycles. The van der Waals surface area contributed by atoms with Gasteiger partial charge in [-0.15, -0.1) is 0 Å². The lowest BCUT2D eigenvalue weighted by Crippen LogP contribution is -2.35. The number of amides is 1. The summed E-state index contributed by atoms with van der Waals surface area (Å²) >= 11 is 0. The molecule has 5 nitrogen and oxygen atoms in total. The lowest BCUT2D eigenvalue weighted by atomic mass is 10.0. The predicted molar refractivity (Wildman–Crippen MR) is 70.9 cm³/mol. The third kappa shape index (κ3) is 5.69. The molecule has 0 aromatic heterocycles. The molecule has 1 rings (SSSR count). The first-order valence-electron chi connectivity index (χ1n) is 6.40. The van der Waals surface area contributed by atoms with Crippen molar-refractivity contribution in [1.29, 1.82) is 0 Å². The molecule has 110 valence electrons. The van der Waals surface area contributed by atoms with Crippen molar-refractivity contribution in [3.05, 3.63) is 30.1 Å². The number of hydrogen-bond acceptors (Lipinski definition) is 3. The fourth-order valence-electron chi connectivity index (χ4n) is 1.63. The first-order valence-corrected chi connectivity index (χ1v) is 6.40. The topological polar surface area (TPSA) is 75.6 Å². The average molecular weight is 283 g/mol. The normalized spacial score (nSPS) is 11.7. The Kier molecular flexibility index (Phi) is 6.49. The predicted octanol–water partition coefficient (Wildman–Crippen LogP) is 1.82. The number of aliphatic carboxylic acids is 1. The first-order chi connectivity index (χ1) is 9.52. The fourth-order valence-corrected chi connectivity index (χ4v) is 1.63. The molecule has 1 aromatic carbocycles. The van der Waals surface area contributed by atoms with E-state index >= 15 is 0 Å². The Bertz CT molecular complexity index is 447. The van der Waals surface area contributed by atoms with Crippen LogP contribution in [-0.4, -0.2) is 30.1 Å². The minimum absolute atomic E-state index is 0.0782. The quantitative estimate of drug-likeness (QED) is 0.763. The number of hydrogen-bond donors (Lipinski definition) is 2. The Morgan fingerprint density at radius 3 is 2.55 bits per heavy atom. The van der Waals surface area contributed by atoms with Crippen molar-refractivity contribution in [2.45, 2.75) is 19.8 Å². The van der Waals surface area contributed by atoms with Gasteiger partial charge in [-0.05, 0) is 30.7 Å². The van der Waals surface area contributed by atoms with Crippen LogP contribution in [0.25, 0.3) is 0 Å². The number of ether oxygens (including phenoxy) is 1. The summed E-state index contributed by atoms with van der Waals surface area (Å²) < 4.78 is 17.8. The lowest BCUT2D eigenvalue weighted by molar-refractivity contribution is -0.142. The maximum Gasteiger partial charge on any atom is 0.308 e. The summed E-state index contributed by atoms with van der Waals surface area (Å²) in [7, 11) is 0. The number of carboxylic acids is 1. The molecule has 1 aromatic rings. The number of carbonyl (C=O) groups is 2. The van der Waals surface area contributed by atoms with Crippen LogP contribution in [0.1, 0.15) is 19.8 Å². The molecule has 0 radical (unpaired) electrons. The zero-order valence-electron chi connectivity index (χ0n) is 11.3. The molecule has 0 saturated heterocycles. The molecule has 0 bridgehead atoms. The highest BCUT2D eigenvalue weighted by Gasteiger charge is 2.17. The lowest BCUT2D eigenvalue weighted by Gasteiger charge is -2.12. The molecule has 0 aliphatic heterocycles. The van der Waals surface area contributed by atoms with E-state index in [0.717, 1.165) is 6.42 Å². The fraction of sp³-hybridized carbons (Fsp3) is 0.429. The van der Waals surface area contributed by atoms with Gasteiger partial charge in [-0.2, -0.15) is 0 Å². The van der Waals surface area contributed by atoms with Crippen molar-refractivity contribution in [3.8, 4) is 5.75 Å². The standard InChI is InChI=1S/C14H18FNO4/c1-2-3-10(14(18)19)8-16-13(17)9-20-12-6-4-11(15)5-7-12/h4-7,10H,2-3,8-9H2,1H3,(H,16,17)(H,18,19). The van der Waals surface area contributed by atoms with Crippen molar-refractivity contribution in [2.24, 2.45) is 5.92 Å².